The van der Waals surface area contributed by atoms with E-state index in [1.807, 2.05) is 18.2 Å². The van der Waals surface area contributed by atoms with Gasteiger partial charge in [-0.15, -0.1) is 0 Å². The Morgan fingerprint density at radius 2 is 1.78 bits per heavy atom. The third-order valence-corrected chi connectivity index (χ3v) is 2.63. The largest absolute Gasteiger partial charge is 0.466 e. The highest BCUT2D eigenvalue weighted by Gasteiger charge is 2.03. The number of esters is 1. The molecule has 0 amide bonds. The lowest BCUT2D eigenvalue weighted by Gasteiger charge is -2.04. The van der Waals surface area contributed by atoms with Crippen LogP contribution in [0.2, 0.25) is 0 Å². The maximum atomic E-state index is 11.4. The molecule has 0 aliphatic rings. The van der Waals surface area contributed by atoms with Gasteiger partial charge in [0.2, 0.25) is 0 Å². The maximum absolute atomic E-state index is 11.4. The van der Waals surface area contributed by atoms with Crippen molar-refractivity contribution in [3.63, 3.8) is 0 Å². The van der Waals surface area contributed by atoms with Crippen molar-refractivity contribution in [2.45, 2.75) is 39.0 Å². The predicted octanol–water partition coefficient (Wildman–Crippen LogP) is 2.92. The lowest BCUT2D eigenvalue weighted by Crippen LogP contribution is -2.07. The molecule has 0 unspecified atom stereocenters. The van der Waals surface area contributed by atoms with Crippen molar-refractivity contribution in [3.05, 3.63) is 35.9 Å². The Labute approximate surface area is 108 Å². The van der Waals surface area contributed by atoms with Crippen molar-refractivity contribution in [1.82, 2.24) is 0 Å². The van der Waals surface area contributed by atoms with Crippen LogP contribution in [0.3, 0.4) is 0 Å². The summed E-state index contributed by atoms with van der Waals surface area (Å²) >= 11 is 0. The fourth-order valence-corrected chi connectivity index (χ4v) is 1.66. The van der Waals surface area contributed by atoms with Crippen LogP contribution in [-0.4, -0.2) is 18.4 Å². The molecule has 3 nitrogen and oxygen atoms in total. The zero-order valence-corrected chi connectivity index (χ0v) is 10.9. The highest BCUT2D eigenvalue weighted by atomic mass is 16.5. The average molecular weight is 248 g/mol. The topological polar surface area (TPSA) is 43.4 Å². The molecule has 0 spiro atoms. The molecule has 3 heteroatoms. The predicted molar refractivity (Wildman–Crippen MR) is 70.3 cm³/mol. The molecule has 0 saturated heterocycles. The number of benzene rings is 1. The Hall–Kier alpha value is -1.64. The Morgan fingerprint density at radius 3 is 2.44 bits per heavy atom. The highest BCUT2D eigenvalue weighted by Crippen LogP contribution is 2.05. The van der Waals surface area contributed by atoms with E-state index in [-0.39, 0.29) is 11.8 Å². The molecule has 0 fully saturated rings. The van der Waals surface area contributed by atoms with Crippen molar-refractivity contribution in [2.75, 3.05) is 6.61 Å². The van der Waals surface area contributed by atoms with E-state index in [1.54, 1.807) is 6.92 Å². The molecule has 0 bridgehead atoms. The summed E-state index contributed by atoms with van der Waals surface area (Å²) in [6.45, 7) is 1.89. The Bertz CT molecular complexity index is 371. The van der Waals surface area contributed by atoms with Gasteiger partial charge in [-0.3, -0.25) is 4.79 Å². The highest BCUT2D eigenvalue weighted by molar-refractivity contribution is 5.75. The number of rotatable bonds is 8. The van der Waals surface area contributed by atoms with Gasteiger partial charge < -0.3 is 9.53 Å². The second-order valence-electron chi connectivity index (χ2n) is 4.37. The lowest BCUT2D eigenvalue weighted by molar-refractivity contribution is -0.144. The van der Waals surface area contributed by atoms with Gasteiger partial charge in [-0.25, -0.2) is 0 Å². The number of Topliss-reactive ketones (excluding diaryl/α,β-unsaturated/α-hetero) is 1. The summed E-state index contributed by atoms with van der Waals surface area (Å²) in [6.07, 6.45) is 3.24. The first-order valence-electron chi connectivity index (χ1n) is 6.37. The van der Waals surface area contributed by atoms with Crippen molar-refractivity contribution in [1.29, 1.82) is 0 Å². The number of carbonyl (C=O) groups excluding carboxylic acids is 2. The number of carbonyl (C=O) groups is 2. The third-order valence-electron chi connectivity index (χ3n) is 2.63. The molecule has 0 atom stereocenters. The minimum atomic E-state index is -0.172. The van der Waals surface area contributed by atoms with Crippen LogP contribution in [0.4, 0.5) is 0 Å². The van der Waals surface area contributed by atoms with Gasteiger partial charge in [0.25, 0.3) is 0 Å². The minimum Gasteiger partial charge on any atom is -0.466 e. The van der Waals surface area contributed by atoms with Crippen molar-refractivity contribution >= 4 is 11.8 Å². The van der Waals surface area contributed by atoms with Gasteiger partial charge in [0.15, 0.2) is 0 Å². The van der Waals surface area contributed by atoms with Crippen LogP contribution in [0.5, 0.6) is 0 Å². The van der Waals surface area contributed by atoms with Crippen LogP contribution < -0.4 is 0 Å². The monoisotopic (exact) mass is 248 g/mol. The number of aryl methyl sites for hydroxylation is 1. The number of ketones is 1. The van der Waals surface area contributed by atoms with Crippen LogP contribution in [0, 0.1) is 0 Å². The van der Waals surface area contributed by atoms with E-state index in [9.17, 15) is 9.59 Å². The van der Waals surface area contributed by atoms with Crippen LogP contribution in [0.1, 0.15) is 38.2 Å². The van der Waals surface area contributed by atoms with E-state index in [2.05, 4.69) is 12.1 Å². The van der Waals surface area contributed by atoms with E-state index in [0.717, 1.165) is 12.8 Å². The van der Waals surface area contributed by atoms with E-state index < -0.39 is 0 Å². The van der Waals surface area contributed by atoms with E-state index in [4.69, 9.17) is 4.74 Å². The molecule has 1 aromatic rings. The zero-order valence-electron chi connectivity index (χ0n) is 10.9. The Balaban J connectivity index is 2.05. The Kier molecular flexibility index (Phi) is 6.77. The van der Waals surface area contributed by atoms with Crippen LogP contribution in [-0.2, 0) is 20.7 Å². The molecule has 18 heavy (non-hydrogen) atoms. The number of hydrogen-bond acceptors (Lipinski definition) is 3. The quantitative estimate of drug-likeness (QED) is 0.525. The lowest BCUT2D eigenvalue weighted by atomic mass is 10.1. The summed E-state index contributed by atoms with van der Waals surface area (Å²) < 4.78 is 5.04. The molecule has 1 rings (SSSR count). The van der Waals surface area contributed by atoms with Gasteiger partial charge >= 0.3 is 5.97 Å². The fourth-order valence-electron chi connectivity index (χ4n) is 1.66. The second-order valence-corrected chi connectivity index (χ2v) is 4.37. The van der Waals surface area contributed by atoms with Crippen molar-refractivity contribution in [3.8, 4) is 0 Å². The van der Waals surface area contributed by atoms with Gasteiger partial charge in [0, 0.05) is 12.8 Å². The first kappa shape index (κ1) is 14.4. The molecule has 0 radical (unpaired) electrons. The van der Waals surface area contributed by atoms with Gasteiger partial charge in [-0.2, -0.15) is 0 Å². The molecule has 0 saturated carbocycles. The number of ether oxygens (including phenoxy) is 1. The average Bonchev–Trinajstić information content (AvgIpc) is 2.36. The van der Waals surface area contributed by atoms with E-state index in [0.29, 0.717) is 25.9 Å². The summed E-state index contributed by atoms with van der Waals surface area (Å²) in [5, 5.41) is 0. The smallest absolute Gasteiger partial charge is 0.305 e. The van der Waals surface area contributed by atoms with Crippen LogP contribution in [0.25, 0.3) is 0 Å². The van der Waals surface area contributed by atoms with Crippen LogP contribution >= 0.6 is 0 Å². The van der Waals surface area contributed by atoms with Gasteiger partial charge in [-0.1, -0.05) is 30.3 Å². The van der Waals surface area contributed by atoms with E-state index in [1.165, 1.54) is 5.56 Å². The standard InChI is InChI=1S/C15H20O3/c1-13(16)7-6-12-18-15(17)11-5-10-14-8-3-2-4-9-14/h2-4,8-9H,5-7,10-12H2,1H3. The van der Waals surface area contributed by atoms with Gasteiger partial charge in [0.1, 0.15) is 5.78 Å². The summed E-state index contributed by atoms with van der Waals surface area (Å²) in [7, 11) is 0. The molecule has 0 N–H and O–H groups in total. The van der Waals surface area contributed by atoms with Crippen molar-refractivity contribution in [2.24, 2.45) is 0 Å². The molecular weight excluding hydrogens is 228 g/mol. The molecular formula is C15H20O3. The fraction of sp³-hybridized carbons (Fsp3) is 0.467. The molecule has 0 aliphatic heterocycles. The third kappa shape index (κ3) is 6.84. The molecule has 1 aromatic carbocycles. The van der Waals surface area contributed by atoms with E-state index >= 15 is 0 Å². The van der Waals surface area contributed by atoms with Crippen molar-refractivity contribution < 1.29 is 14.3 Å². The van der Waals surface area contributed by atoms with Gasteiger partial charge in [-0.05, 0) is 31.7 Å². The summed E-state index contributed by atoms with van der Waals surface area (Å²) in [4.78, 5) is 22.0. The maximum Gasteiger partial charge on any atom is 0.305 e. The summed E-state index contributed by atoms with van der Waals surface area (Å²) in [6, 6.07) is 10.1. The Morgan fingerprint density at radius 1 is 1.06 bits per heavy atom. The molecule has 0 heterocycles. The van der Waals surface area contributed by atoms with Gasteiger partial charge in [0.05, 0.1) is 6.61 Å². The summed E-state index contributed by atoms with van der Waals surface area (Å²) in [5.41, 5.74) is 1.24. The summed E-state index contributed by atoms with van der Waals surface area (Å²) in [5.74, 6) is -0.0374. The minimum absolute atomic E-state index is 0.134. The molecule has 0 aliphatic carbocycles. The molecule has 98 valence electrons. The SMILES string of the molecule is CC(=O)CCCOC(=O)CCCc1ccccc1. The first-order valence-corrected chi connectivity index (χ1v) is 6.37. The first-order chi connectivity index (χ1) is 8.68. The normalized spacial score (nSPS) is 10.1. The zero-order chi connectivity index (χ0) is 13.2. The second kappa shape index (κ2) is 8.45. The number of hydrogen-bond donors (Lipinski definition) is 0. The van der Waals surface area contributed by atoms with Crippen LogP contribution in [0.15, 0.2) is 30.3 Å². The molecule has 0 aromatic heterocycles.